The number of carbonyl (C=O) groups is 1. The molecule has 1 aliphatic rings. The SMILES string of the molecule is COc1ccc(Nc2cc(N3CCN(C(C)=O)CC3)nc(C)n2)cc1OC. The molecular formula is C19H25N5O3. The van der Waals surface area contributed by atoms with E-state index in [0.29, 0.717) is 36.2 Å². The third-order valence-corrected chi connectivity index (χ3v) is 4.53. The van der Waals surface area contributed by atoms with Crippen molar-refractivity contribution in [3.63, 3.8) is 0 Å². The average Bonchev–Trinajstić information content (AvgIpc) is 2.67. The van der Waals surface area contributed by atoms with Gasteiger partial charge in [0.1, 0.15) is 17.5 Å². The molecule has 1 saturated heterocycles. The van der Waals surface area contributed by atoms with Crippen molar-refractivity contribution in [2.24, 2.45) is 0 Å². The van der Waals surface area contributed by atoms with Gasteiger partial charge in [0, 0.05) is 50.9 Å². The average molecular weight is 371 g/mol. The van der Waals surface area contributed by atoms with Gasteiger partial charge in [-0.05, 0) is 19.1 Å². The third kappa shape index (κ3) is 4.39. The van der Waals surface area contributed by atoms with Gasteiger partial charge in [0.05, 0.1) is 14.2 Å². The Balaban J connectivity index is 1.77. The number of hydrogen-bond acceptors (Lipinski definition) is 7. The summed E-state index contributed by atoms with van der Waals surface area (Å²) in [5, 5.41) is 3.30. The van der Waals surface area contributed by atoms with Crippen LogP contribution in [0.2, 0.25) is 0 Å². The van der Waals surface area contributed by atoms with E-state index in [4.69, 9.17) is 9.47 Å². The molecule has 0 saturated carbocycles. The zero-order valence-corrected chi connectivity index (χ0v) is 16.2. The summed E-state index contributed by atoms with van der Waals surface area (Å²) >= 11 is 0. The molecule has 2 heterocycles. The summed E-state index contributed by atoms with van der Waals surface area (Å²) in [6.07, 6.45) is 0. The van der Waals surface area contributed by atoms with Crippen LogP contribution in [0.25, 0.3) is 0 Å². The Bertz CT molecular complexity index is 819. The lowest BCUT2D eigenvalue weighted by Crippen LogP contribution is -2.48. The molecule has 2 aromatic rings. The summed E-state index contributed by atoms with van der Waals surface area (Å²) < 4.78 is 10.6. The number of ether oxygens (including phenoxy) is 2. The van der Waals surface area contributed by atoms with Gasteiger partial charge >= 0.3 is 0 Å². The molecule has 1 aromatic carbocycles. The van der Waals surface area contributed by atoms with E-state index in [1.54, 1.807) is 21.1 Å². The predicted octanol–water partition coefficient (Wildman–Crippen LogP) is 2.21. The molecule has 0 unspecified atom stereocenters. The third-order valence-electron chi connectivity index (χ3n) is 4.53. The Kier molecular flexibility index (Phi) is 5.63. The standard InChI is InChI=1S/C19H25N5O3/c1-13-20-18(22-15-5-6-16(26-3)17(11-15)27-4)12-19(21-13)24-9-7-23(8-10-24)14(2)25/h5-6,11-12H,7-10H2,1-4H3,(H,20,21,22). The lowest BCUT2D eigenvalue weighted by Gasteiger charge is -2.35. The first-order valence-corrected chi connectivity index (χ1v) is 8.85. The summed E-state index contributed by atoms with van der Waals surface area (Å²) in [5.41, 5.74) is 0.845. The van der Waals surface area contributed by atoms with Crippen molar-refractivity contribution in [2.45, 2.75) is 13.8 Å². The number of nitrogens with one attached hydrogen (secondary N) is 1. The van der Waals surface area contributed by atoms with Crippen LogP contribution in [0.15, 0.2) is 24.3 Å². The van der Waals surface area contributed by atoms with Crippen LogP contribution in [-0.4, -0.2) is 61.2 Å². The van der Waals surface area contributed by atoms with Gasteiger partial charge in [0.25, 0.3) is 0 Å². The van der Waals surface area contributed by atoms with Crippen LogP contribution in [0.4, 0.5) is 17.3 Å². The Labute approximate surface area is 159 Å². The number of aromatic nitrogens is 2. The van der Waals surface area contributed by atoms with Crippen LogP contribution >= 0.6 is 0 Å². The van der Waals surface area contributed by atoms with Crippen molar-refractivity contribution < 1.29 is 14.3 Å². The number of anilines is 3. The van der Waals surface area contributed by atoms with Crippen molar-refractivity contribution in [3.8, 4) is 11.5 Å². The van der Waals surface area contributed by atoms with E-state index in [-0.39, 0.29) is 5.91 Å². The lowest BCUT2D eigenvalue weighted by molar-refractivity contribution is -0.129. The highest BCUT2D eigenvalue weighted by Crippen LogP contribution is 2.31. The zero-order chi connectivity index (χ0) is 19.4. The van der Waals surface area contributed by atoms with Crippen molar-refractivity contribution in [2.75, 3.05) is 50.6 Å². The Morgan fingerprint density at radius 1 is 1.04 bits per heavy atom. The molecule has 1 N–H and O–H groups in total. The number of aryl methyl sites for hydroxylation is 1. The van der Waals surface area contributed by atoms with Crippen molar-refractivity contribution in [1.29, 1.82) is 0 Å². The number of rotatable bonds is 5. The van der Waals surface area contributed by atoms with Crippen LogP contribution in [0.5, 0.6) is 11.5 Å². The van der Waals surface area contributed by atoms with Gasteiger partial charge in [-0.15, -0.1) is 0 Å². The molecule has 1 aliphatic heterocycles. The summed E-state index contributed by atoms with van der Waals surface area (Å²) in [7, 11) is 3.21. The molecule has 27 heavy (non-hydrogen) atoms. The van der Waals surface area contributed by atoms with Crippen LogP contribution in [0, 0.1) is 6.92 Å². The summed E-state index contributed by atoms with van der Waals surface area (Å²) in [5.74, 6) is 3.68. The van der Waals surface area contributed by atoms with Crippen molar-refractivity contribution in [1.82, 2.24) is 14.9 Å². The maximum atomic E-state index is 11.5. The summed E-state index contributed by atoms with van der Waals surface area (Å²) in [6.45, 7) is 6.40. The van der Waals surface area contributed by atoms with E-state index < -0.39 is 0 Å². The van der Waals surface area contributed by atoms with Crippen LogP contribution < -0.4 is 19.7 Å². The van der Waals surface area contributed by atoms with Gasteiger partial charge < -0.3 is 24.6 Å². The van der Waals surface area contributed by atoms with E-state index in [2.05, 4.69) is 20.2 Å². The maximum Gasteiger partial charge on any atom is 0.219 e. The smallest absolute Gasteiger partial charge is 0.219 e. The second-order valence-corrected chi connectivity index (χ2v) is 6.35. The number of nitrogens with zero attached hydrogens (tertiary/aromatic N) is 4. The molecular weight excluding hydrogens is 346 g/mol. The Morgan fingerprint density at radius 3 is 2.37 bits per heavy atom. The molecule has 0 bridgehead atoms. The van der Waals surface area contributed by atoms with E-state index in [1.165, 1.54) is 0 Å². The molecule has 8 heteroatoms. The first-order valence-electron chi connectivity index (χ1n) is 8.85. The van der Waals surface area contributed by atoms with E-state index in [9.17, 15) is 4.79 Å². The molecule has 8 nitrogen and oxygen atoms in total. The van der Waals surface area contributed by atoms with Gasteiger partial charge in [-0.3, -0.25) is 4.79 Å². The Morgan fingerprint density at radius 2 is 1.74 bits per heavy atom. The first-order chi connectivity index (χ1) is 13.0. The highest BCUT2D eigenvalue weighted by atomic mass is 16.5. The topological polar surface area (TPSA) is 79.8 Å². The van der Waals surface area contributed by atoms with Crippen LogP contribution in [-0.2, 0) is 4.79 Å². The quantitative estimate of drug-likeness (QED) is 0.863. The van der Waals surface area contributed by atoms with E-state index in [1.807, 2.05) is 36.1 Å². The van der Waals surface area contributed by atoms with Gasteiger partial charge in [0.2, 0.25) is 5.91 Å². The predicted molar refractivity (Wildman–Crippen MR) is 104 cm³/mol. The second-order valence-electron chi connectivity index (χ2n) is 6.35. The van der Waals surface area contributed by atoms with E-state index >= 15 is 0 Å². The molecule has 0 radical (unpaired) electrons. The van der Waals surface area contributed by atoms with Gasteiger partial charge in [-0.25, -0.2) is 9.97 Å². The van der Waals surface area contributed by atoms with Gasteiger partial charge in [-0.1, -0.05) is 0 Å². The minimum Gasteiger partial charge on any atom is -0.493 e. The summed E-state index contributed by atoms with van der Waals surface area (Å²) in [6, 6.07) is 7.54. The Hall–Kier alpha value is -3.03. The number of carbonyl (C=O) groups excluding carboxylic acids is 1. The molecule has 0 atom stereocenters. The van der Waals surface area contributed by atoms with Crippen LogP contribution in [0.1, 0.15) is 12.7 Å². The minimum atomic E-state index is 0.115. The molecule has 0 aliphatic carbocycles. The fraction of sp³-hybridized carbons (Fsp3) is 0.421. The molecule has 0 spiro atoms. The first kappa shape index (κ1) is 18.8. The molecule has 3 rings (SSSR count). The number of hydrogen-bond donors (Lipinski definition) is 1. The fourth-order valence-corrected chi connectivity index (χ4v) is 3.09. The lowest BCUT2D eigenvalue weighted by atomic mass is 10.2. The fourth-order valence-electron chi connectivity index (χ4n) is 3.09. The zero-order valence-electron chi connectivity index (χ0n) is 16.2. The monoisotopic (exact) mass is 371 g/mol. The molecule has 1 amide bonds. The largest absolute Gasteiger partial charge is 0.493 e. The van der Waals surface area contributed by atoms with Crippen molar-refractivity contribution >= 4 is 23.2 Å². The van der Waals surface area contributed by atoms with Crippen LogP contribution in [0.3, 0.4) is 0 Å². The molecule has 1 aromatic heterocycles. The number of benzene rings is 1. The van der Waals surface area contributed by atoms with Gasteiger partial charge in [-0.2, -0.15) is 0 Å². The minimum absolute atomic E-state index is 0.115. The maximum absolute atomic E-state index is 11.5. The summed E-state index contributed by atoms with van der Waals surface area (Å²) in [4.78, 5) is 24.6. The number of methoxy groups -OCH3 is 2. The highest BCUT2D eigenvalue weighted by molar-refractivity contribution is 5.73. The highest BCUT2D eigenvalue weighted by Gasteiger charge is 2.20. The molecule has 1 fully saturated rings. The van der Waals surface area contributed by atoms with Gasteiger partial charge in [0.15, 0.2) is 11.5 Å². The number of piperazine rings is 1. The second kappa shape index (κ2) is 8.11. The normalized spacial score (nSPS) is 14.1. The van der Waals surface area contributed by atoms with E-state index in [0.717, 1.165) is 24.6 Å². The molecule has 144 valence electrons. The van der Waals surface area contributed by atoms with Crippen molar-refractivity contribution in [3.05, 3.63) is 30.1 Å². The number of amides is 1.